The molecular weight excluding hydrogens is 407 g/mol. The number of fused-ring (bicyclic) bond motifs is 2. The zero-order chi connectivity index (χ0) is 22.2. The van der Waals surface area contributed by atoms with Crippen molar-refractivity contribution < 1.29 is 4.39 Å². The minimum absolute atomic E-state index is 0.0382. The lowest BCUT2D eigenvalue weighted by Gasteiger charge is -2.33. The van der Waals surface area contributed by atoms with Gasteiger partial charge in [-0.3, -0.25) is 9.13 Å². The summed E-state index contributed by atoms with van der Waals surface area (Å²) < 4.78 is 20.2. The van der Waals surface area contributed by atoms with Crippen LogP contribution >= 0.6 is 0 Å². The van der Waals surface area contributed by atoms with Crippen LogP contribution in [0.4, 0.5) is 4.39 Å². The molecule has 32 heavy (non-hydrogen) atoms. The maximum atomic E-state index is 14.9. The molecule has 4 aromatic rings. The summed E-state index contributed by atoms with van der Waals surface area (Å²) in [6, 6.07) is 10.1. The Balaban J connectivity index is 1.16. The predicted octanol–water partition coefficient (Wildman–Crippen LogP) is 2.66. The predicted molar refractivity (Wildman–Crippen MR) is 123 cm³/mol. The van der Waals surface area contributed by atoms with Crippen LogP contribution in [0.1, 0.15) is 30.4 Å². The number of rotatable bonds is 6. The second kappa shape index (κ2) is 8.52. The van der Waals surface area contributed by atoms with Gasteiger partial charge in [0, 0.05) is 63.4 Å². The van der Waals surface area contributed by atoms with E-state index in [2.05, 4.69) is 21.7 Å². The molecule has 1 aliphatic rings. The molecule has 8 heteroatoms. The molecule has 0 unspecified atom stereocenters. The van der Waals surface area contributed by atoms with E-state index in [4.69, 9.17) is 0 Å². The van der Waals surface area contributed by atoms with Crippen molar-refractivity contribution in [1.29, 1.82) is 0 Å². The molecule has 0 spiro atoms. The summed E-state index contributed by atoms with van der Waals surface area (Å²) in [5, 5.41) is 6.92. The molecule has 1 saturated carbocycles. The van der Waals surface area contributed by atoms with Crippen molar-refractivity contribution in [2.45, 2.75) is 50.6 Å². The maximum absolute atomic E-state index is 14.9. The minimum atomic E-state index is -0.895. The first-order valence-electron chi connectivity index (χ1n) is 11.2. The zero-order valence-corrected chi connectivity index (χ0v) is 18.5. The number of aromatic nitrogens is 4. The Bertz CT molecular complexity index is 1310. The average Bonchev–Trinajstić information content (AvgIpc) is 3.37. The molecule has 3 aromatic heterocycles. The first kappa shape index (κ1) is 20.9. The van der Waals surface area contributed by atoms with Gasteiger partial charge in [-0.1, -0.05) is 12.1 Å². The number of hydrogen-bond donors (Lipinski definition) is 2. The van der Waals surface area contributed by atoms with Gasteiger partial charge in [-0.05, 0) is 43.0 Å². The van der Waals surface area contributed by atoms with E-state index in [9.17, 15) is 9.18 Å². The Morgan fingerprint density at radius 1 is 1.06 bits per heavy atom. The van der Waals surface area contributed by atoms with E-state index in [0.29, 0.717) is 19.5 Å². The summed E-state index contributed by atoms with van der Waals surface area (Å²) in [5.41, 5.74) is 4.89. The molecule has 2 N–H and O–H groups in total. The lowest BCUT2D eigenvalue weighted by molar-refractivity contribution is 0.160. The molecule has 3 heterocycles. The van der Waals surface area contributed by atoms with Crippen molar-refractivity contribution >= 4 is 16.7 Å². The number of alkyl halides is 1. The van der Waals surface area contributed by atoms with Crippen LogP contribution in [0.3, 0.4) is 0 Å². The van der Waals surface area contributed by atoms with Crippen LogP contribution in [0.25, 0.3) is 16.7 Å². The molecule has 0 radical (unpaired) electrons. The van der Waals surface area contributed by atoms with Gasteiger partial charge in [0.05, 0.1) is 11.0 Å². The fraction of sp³-hybridized carbons (Fsp3) is 0.417. The van der Waals surface area contributed by atoms with E-state index in [0.717, 1.165) is 40.6 Å². The van der Waals surface area contributed by atoms with Gasteiger partial charge in [0.25, 0.3) is 0 Å². The van der Waals surface area contributed by atoms with Crippen molar-refractivity contribution in [3.8, 4) is 0 Å². The molecule has 1 fully saturated rings. The number of halogens is 1. The number of aryl methyl sites for hydroxylation is 2. The van der Waals surface area contributed by atoms with Gasteiger partial charge < -0.3 is 15.0 Å². The highest BCUT2D eigenvalue weighted by Gasteiger charge is 2.30. The normalized spacial score (nSPS) is 21.5. The number of hydrogen-bond acceptors (Lipinski definition) is 4. The van der Waals surface area contributed by atoms with Crippen LogP contribution in [0, 0.1) is 0 Å². The van der Waals surface area contributed by atoms with Gasteiger partial charge in [-0.2, -0.15) is 0 Å². The number of imidazole rings is 2. The first-order valence-corrected chi connectivity index (χ1v) is 11.2. The fourth-order valence-corrected chi connectivity index (χ4v) is 4.84. The Kier molecular flexibility index (Phi) is 5.57. The Morgan fingerprint density at radius 2 is 1.91 bits per heavy atom. The van der Waals surface area contributed by atoms with E-state index in [1.807, 2.05) is 41.1 Å². The number of pyridine rings is 1. The highest BCUT2D eigenvalue weighted by atomic mass is 19.1. The fourth-order valence-electron chi connectivity index (χ4n) is 4.84. The van der Waals surface area contributed by atoms with E-state index in [1.54, 1.807) is 29.4 Å². The summed E-state index contributed by atoms with van der Waals surface area (Å²) in [6.07, 6.45) is 7.04. The summed E-state index contributed by atoms with van der Waals surface area (Å²) >= 11 is 0. The molecule has 0 saturated heterocycles. The van der Waals surface area contributed by atoms with Crippen LogP contribution in [0.2, 0.25) is 0 Å². The van der Waals surface area contributed by atoms with Gasteiger partial charge in [0.2, 0.25) is 0 Å². The quantitative estimate of drug-likeness (QED) is 0.488. The molecule has 7 nitrogen and oxygen atoms in total. The van der Waals surface area contributed by atoms with Crippen LogP contribution < -0.4 is 16.3 Å². The second-order valence-electron chi connectivity index (χ2n) is 8.81. The molecule has 168 valence electrons. The lowest BCUT2D eigenvalue weighted by atomic mass is 9.89. The summed E-state index contributed by atoms with van der Waals surface area (Å²) in [7, 11) is 3.55. The van der Waals surface area contributed by atoms with Crippen molar-refractivity contribution in [1.82, 2.24) is 29.2 Å². The first-order chi connectivity index (χ1) is 15.5. The molecule has 0 bridgehead atoms. The maximum Gasteiger partial charge on any atom is 0.328 e. The third-order valence-electron chi connectivity index (χ3n) is 6.76. The highest BCUT2D eigenvalue weighted by molar-refractivity contribution is 5.76. The topological polar surface area (TPSA) is 68.3 Å². The van der Waals surface area contributed by atoms with E-state index < -0.39 is 6.17 Å². The van der Waals surface area contributed by atoms with Gasteiger partial charge in [-0.15, -0.1) is 0 Å². The second-order valence-corrected chi connectivity index (χ2v) is 8.81. The number of nitrogens with zero attached hydrogens (tertiary/aromatic N) is 4. The Labute approximate surface area is 185 Å². The molecule has 5 rings (SSSR count). The van der Waals surface area contributed by atoms with Crippen LogP contribution in [-0.2, 0) is 27.2 Å². The van der Waals surface area contributed by atoms with Crippen LogP contribution in [0.5, 0.6) is 0 Å². The van der Waals surface area contributed by atoms with E-state index >= 15 is 0 Å². The zero-order valence-electron chi connectivity index (χ0n) is 18.5. The van der Waals surface area contributed by atoms with Gasteiger partial charge in [0.15, 0.2) is 0 Å². The lowest BCUT2D eigenvalue weighted by Crippen LogP contribution is -2.46. The van der Waals surface area contributed by atoms with Crippen molar-refractivity contribution in [2.75, 3.05) is 0 Å². The molecular formula is C24H29FN6O. The van der Waals surface area contributed by atoms with E-state index in [1.165, 1.54) is 0 Å². The van der Waals surface area contributed by atoms with Gasteiger partial charge >= 0.3 is 5.69 Å². The van der Waals surface area contributed by atoms with Gasteiger partial charge in [-0.25, -0.2) is 14.2 Å². The van der Waals surface area contributed by atoms with Gasteiger partial charge in [0.1, 0.15) is 11.8 Å². The van der Waals surface area contributed by atoms with Crippen molar-refractivity contribution in [3.63, 3.8) is 0 Å². The molecule has 1 aliphatic carbocycles. The molecule has 0 aliphatic heterocycles. The average molecular weight is 437 g/mol. The third-order valence-corrected chi connectivity index (χ3v) is 6.76. The van der Waals surface area contributed by atoms with E-state index in [-0.39, 0.29) is 17.8 Å². The molecule has 3 atom stereocenters. The van der Waals surface area contributed by atoms with Crippen molar-refractivity contribution in [2.24, 2.45) is 14.1 Å². The standard InChI is InChI=1S/C24H29FN6O/c1-29-21-8-5-16(12-22(21)30(2)24(29)32)14-28-20-7-6-18(13-19(20)25)27-15-17-4-3-10-31-11-9-26-23(17)31/h3-5,8-12,18-20,27-28H,6-7,13-15H2,1-2H3/t18-,19+,20-/m0/s1. The summed E-state index contributed by atoms with van der Waals surface area (Å²) in [4.78, 5) is 16.5. The van der Waals surface area contributed by atoms with Crippen LogP contribution in [-0.4, -0.2) is 36.8 Å². The number of benzene rings is 1. The summed E-state index contributed by atoms with van der Waals surface area (Å²) in [6.45, 7) is 1.27. The highest BCUT2D eigenvalue weighted by Crippen LogP contribution is 2.23. The molecule has 1 aromatic carbocycles. The minimum Gasteiger partial charge on any atom is -0.310 e. The molecule has 0 amide bonds. The van der Waals surface area contributed by atoms with Crippen molar-refractivity contribution in [3.05, 3.63) is 70.5 Å². The SMILES string of the molecule is Cn1c(=O)n(C)c2cc(CN[C@H]3CC[C@H](NCc4cccn5ccnc45)C[C@H]3F)ccc21. The monoisotopic (exact) mass is 436 g/mol. The third kappa shape index (κ3) is 3.84. The largest absolute Gasteiger partial charge is 0.328 e. The smallest absolute Gasteiger partial charge is 0.310 e. The Morgan fingerprint density at radius 3 is 2.75 bits per heavy atom. The van der Waals surface area contributed by atoms with Crippen LogP contribution in [0.15, 0.2) is 53.7 Å². The number of nitrogens with one attached hydrogen (secondary N) is 2. The summed E-state index contributed by atoms with van der Waals surface area (Å²) in [5.74, 6) is 0. The Hall–Kier alpha value is -2.97.